The normalized spacial score (nSPS) is 20.1. The second-order valence-electron chi connectivity index (χ2n) is 8.11. The average Bonchev–Trinajstić information content (AvgIpc) is 3.03. The van der Waals surface area contributed by atoms with Crippen LogP contribution in [0.2, 0.25) is 0 Å². The molecule has 0 aliphatic heterocycles. The molecule has 0 unspecified atom stereocenters. The molecule has 0 spiro atoms. The Kier molecular flexibility index (Phi) is 7.01. The van der Waals surface area contributed by atoms with Gasteiger partial charge in [0.1, 0.15) is 0 Å². The van der Waals surface area contributed by atoms with Gasteiger partial charge in [-0.25, -0.2) is 0 Å². The van der Waals surface area contributed by atoms with Gasteiger partial charge in [0, 0.05) is 30.9 Å². The van der Waals surface area contributed by atoms with E-state index in [-0.39, 0.29) is 17.9 Å². The molecule has 1 fully saturated rings. The summed E-state index contributed by atoms with van der Waals surface area (Å²) in [6, 6.07) is 5.78. The van der Waals surface area contributed by atoms with Gasteiger partial charge < -0.3 is 10.6 Å². The third kappa shape index (κ3) is 5.65. The number of hydrogen-bond acceptors (Lipinski definition) is 4. The highest BCUT2D eigenvalue weighted by Crippen LogP contribution is 2.36. The van der Waals surface area contributed by atoms with Gasteiger partial charge in [0.25, 0.3) is 0 Å². The highest BCUT2D eigenvalue weighted by Gasteiger charge is 2.30. The first kappa shape index (κ1) is 21.0. The first-order valence-electron chi connectivity index (χ1n) is 10.4. The molecular formula is C22H31N5O2. The van der Waals surface area contributed by atoms with Crippen LogP contribution in [0.1, 0.15) is 61.3 Å². The lowest BCUT2D eigenvalue weighted by atomic mass is 9.77. The van der Waals surface area contributed by atoms with Crippen molar-refractivity contribution in [2.45, 2.75) is 58.9 Å². The lowest BCUT2D eigenvalue weighted by molar-refractivity contribution is -0.121. The Morgan fingerprint density at radius 2 is 1.97 bits per heavy atom. The SMILES string of the molecule is CC(=O)N[C@H](c1ccccn1)C1CCC(CNC(=O)Cc2c(C)n[nH]c2C)CC1. The summed E-state index contributed by atoms with van der Waals surface area (Å²) in [6.45, 7) is 6.12. The Bertz CT molecular complexity index is 805. The summed E-state index contributed by atoms with van der Waals surface area (Å²) in [5.74, 6) is 0.865. The zero-order chi connectivity index (χ0) is 20.8. The van der Waals surface area contributed by atoms with Crippen LogP contribution >= 0.6 is 0 Å². The minimum atomic E-state index is -0.0451. The maximum atomic E-state index is 12.3. The molecule has 1 atom stereocenters. The van der Waals surface area contributed by atoms with Gasteiger partial charge in [-0.1, -0.05) is 6.07 Å². The van der Waals surface area contributed by atoms with E-state index in [1.54, 1.807) is 13.1 Å². The topological polar surface area (TPSA) is 99.8 Å². The Balaban J connectivity index is 1.49. The first-order valence-corrected chi connectivity index (χ1v) is 10.4. The molecule has 7 nitrogen and oxygen atoms in total. The summed E-state index contributed by atoms with van der Waals surface area (Å²) < 4.78 is 0. The van der Waals surface area contributed by atoms with E-state index in [1.807, 2.05) is 32.0 Å². The number of aryl methyl sites for hydroxylation is 2. The molecule has 2 aromatic rings. The van der Waals surface area contributed by atoms with Crippen LogP contribution in [0.5, 0.6) is 0 Å². The minimum absolute atomic E-state index is 0.0279. The third-order valence-electron chi connectivity index (χ3n) is 5.93. The summed E-state index contributed by atoms with van der Waals surface area (Å²) >= 11 is 0. The molecule has 29 heavy (non-hydrogen) atoms. The van der Waals surface area contributed by atoms with Crippen molar-refractivity contribution >= 4 is 11.8 Å². The molecule has 2 heterocycles. The van der Waals surface area contributed by atoms with Crippen LogP contribution in [-0.2, 0) is 16.0 Å². The van der Waals surface area contributed by atoms with E-state index >= 15 is 0 Å². The standard InChI is InChI=1S/C22H31N5O2/c1-14-19(15(2)27-26-14)12-21(29)24-13-17-7-9-18(10-8-17)22(25-16(3)28)20-6-4-5-11-23-20/h4-6,11,17-18,22H,7-10,12-13H2,1-3H3,(H,24,29)(H,25,28)(H,26,27)/t17?,18?,22-/m0/s1. The number of carbonyl (C=O) groups excluding carboxylic acids is 2. The van der Waals surface area contributed by atoms with Crippen LogP contribution < -0.4 is 10.6 Å². The summed E-state index contributed by atoms with van der Waals surface area (Å²) in [6.07, 6.45) is 6.25. The van der Waals surface area contributed by atoms with Crippen molar-refractivity contribution in [1.29, 1.82) is 0 Å². The molecule has 0 saturated heterocycles. The molecule has 1 aliphatic rings. The van der Waals surface area contributed by atoms with Gasteiger partial charge in [0.2, 0.25) is 11.8 Å². The maximum absolute atomic E-state index is 12.3. The summed E-state index contributed by atoms with van der Waals surface area (Å²) in [5, 5.41) is 13.3. The highest BCUT2D eigenvalue weighted by atomic mass is 16.2. The Morgan fingerprint density at radius 3 is 2.55 bits per heavy atom. The van der Waals surface area contributed by atoms with Crippen molar-refractivity contribution in [3.05, 3.63) is 47.0 Å². The molecule has 0 aromatic carbocycles. The van der Waals surface area contributed by atoms with E-state index in [1.165, 1.54) is 0 Å². The highest BCUT2D eigenvalue weighted by molar-refractivity contribution is 5.79. The third-order valence-corrected chi connectivity index (χ3v) is 5.93. The number of rotatable bonds is 7. The fourth-order valence-electron chi connectivity index (χ4n) is 4.25. The fourth-order valence-corrected chi connectivity index (χ4v) is 4.25. The number of amides is 2. The van der Waals surface area contributed by atoms with Crippen molar-refractivity contribution in [3.8, 4) is 0 Å². The van der Waals surface area contributed by atoms with E-state index in [4.69, 9.17) is 0 Å². The van der Waals surface area contributed by atoms with E-state index < -0.39 is 0 Å². The Labute approximate surface area is 172 Å². The van der Waals surface area contributed by atoms with Crippen LogP contribution in [0.3, 0.4) is 0 Å². The second kappa shape index (κ2) is 9.67. The lowest BCUT2D eigenvalue weighted by Gasteiger charge is -2.34. The van der Waals surface area contributed by atoms with E-state index in [0.717, 1.165) is 48.3 Å². The van der Waals surface area contributed by atoms with Crippen molar-refractivity contribution in [2.24, 2.45) is 11.8 Å². The number of nitrogens with one attached hydrogen (secondary N) is 3. The van der Waals surface area contributed by atoms with Crippen LogP contribution in [0.15, 0.2) is 24.4 Å². The van der Waals surface area contributed by atoms with E-state index in [9.17, 15) is 9.59 Å². The molecule has 2 amide bonds. The van der Waals surface area contributed by atoms with Crippen LogP contribution in [0, 0.1) is 25.7 Å². The number of H-pyrrole nitrogens is 1. The Morgan fingerprint density at radius 1 is 1.21 bits per heavy atom. The van der Waals surface area contributed by atoms with Gasteiger partial charge in [0.15, 0.2) is 0 Å². The van der Waals surface area contributed by atoms with Crippen molar-refractivity contribution in [3.63, 3.8) is 0 Å². The van der Waals surface area contributed by atoms with Gasteiger partial charge in [-0.3, -0.25) is 19.7 Å². The van der Waals surface area contributed by atoms with E-state index in [0.29, 0.717) is 24.8 Å². The molecule has 156 valence electrons. The number of pyridine rings is 1. The predicted molar refractivity (Wildman–Crippen MR) is 111 cm³/mol. The lowest BCUT2D eigenvalue weighted by Crippen LogP contribution is -2.37. The molecule has 0 bridgehead atoms. The van der Waals surface area contributed by atoms with Crippen LogP contribution in [-0.4, -0.2) is 33.5 Å². The quantitative estimate of drug-likeness (QED) is 0.669. The van der Waals surface area contributed by atoms with Gasteiger partial charge in [-0.05, 0) is 63.5 Å². The summed E-state index contributed by atoms with van der Waals surface area (Å²) in [7, 11) is 0. The zero-order valence-electron chi connectivity index (χ0n) is 17.5. The summed E-state index contributed by atoms with van der Waals surface area (Å²) in [4.78, 5) is 28.5. The van der Waals surface area contributed by atoms with Crippen LogP contribution in [0.4, 0.5) is 0 Å². The van der Waals surface area contributed by atoms with Gasteiger partial charge in [-0.15, -0.1) is 0 Å². The largest absolute Gasteiger partial charge is 0.356 e. The van der Waals surface area contributed by atoms with Crippen molar-refractivity contribution < 1.29 is 9.59 Å². The second-order valence-corrected chi connectivity index (χ2v) is 8.11. The molecule has 7 heteroatoms. The molecular weight excluding hydrogens is 366 g/mol. The summed E-state index contributed by atoms with van der Waals surface area (Å²) in [5.41, 5.74) is 3.75. The molecule has 3 N–H and O–H groups in total. The van der Waals surface area contributed by atoms with Gasteiger partial charge in [-0.2, -0.15) is 5.10 Å². The van der Waals surface area contributed by atoms with Crippen molar-refractivity contribution in [1.82, 2.24) is 25.8 Å². The zero-order valence-corrected chi connectivity index (χ0v) is 17.5. The first-order chi connectivity index (χ1) is 13.9. The molecule has 3 rings (SSSR count). The predicted octanol–water partition coefficient (Wildman–Crippen LogP) is 2.76. The molecule has 1 aliphatic carbocycles. The Hall–Kier alpha value is -2.70. The number of aromatic amines is 1. The fraction of sp³-hybridized carbons (Fsp3) is 0.545. The smallest absolute Gasteiger partial charge is 0.224 e. The van der Waals surface area contributed by atoms with Crippen molar-refractivity contribution in [2.75, 3.05) is 6.54 Å². The molecule has 1 saturated carbocycles. The number of aromatic nitrogens is 3. The maximum Gasteiger partial charge on any atom is 0.224 e. The molecule has 2 aromatic heterocycles. The van der Waals surface area contributed by atoms with Crippen LogP contribution in [0.25, 0.3) is 0 Å². The van der Waals surface area contributed by atoms with Gasteiger partial charge >= 0.3 is 0 Å². The number of carbonyl (C=O) groups is 2. The monoisotopic (exact) mass is 397 g/mol. The van der Waals surface area contributed by atoms with Gasteiger partial charge in [0.05, 0.1) is 23.9 Å². The number of hydrogen-bond donors (Lipinski definition) is 3. The minimum Gasteiger partial charge on any atom is -0.356 e. The van der Waals surface area contributed by atoms with E-state index in [2.05, 4.69) is 25.8 Å². The molecule has 0 radical (unpaired) electrons. The average molecular weight is 398 g/mol. The number of nitrogens with zero attached hydrogens (tertiary/aromatic N) is 2.